The maximum absolute atomic E-state index is 6.37. The molecule has 2 aliphatic rings. The molecule has 1 aromatic rings. The first-order chi connectivity index (χ1) is 9.88. The number of para-hydroxylation sites is 1. The van der Waals surface area contributed by atoms with Crippen LogP contribution in [0.2, 0.25) is 0 Å². The van der Waals surface area contributed by atoms with E-state index in [1.807, 2.05) is 0 Å². The van der Waals surface area contributed by atoms with Crippen molar-refractivity contribution in [3.63, 3.8) is 0 Å². The summed E-state index contributed by atoms with van der Waals surface area (Å²) in [4.78, 5) is 2.68. The number of hydrogen-bond acceptors (Lipinski definition) is 2. The third-order valence-corrected chi connectivity index (χ3v) is 5.80. The maximum atomic E-state index is 6.37. The smallest absolute Gasteiger partial charge is 0.0555 e. The van der Waals surface area contributed by atoms with Gasteiger partial charge in [-0.3, -0.25) is 0 Å². The zero-order valence-electron chi connectivity index (χ0n) is 14.0. The Labute approximate surface area is 129 Å². The van der Waals surface area contributed by atoms with Crippen LogP contribution < -0.4 is 10.6 Å². The van der Waals surface area contributed by atoms with Crippen molar-refractivity contribution in [2.75, 3.05) is 18.0 Å². The monoisotopic (exact) mass is 286 g/mol. The van der Waals surface area contributed by atoms with Crippen LogP contribution in [-0.2, 0) is 6.42 Å². The molecule has 0 saturated heterocycles. The van der Waals surface area contributed by atoms with Crippen molar-refractivity contribution in [3.05, 3.63) is 29.8 Å². The molecule has 1 aliphatic carbocycles. The fourth-order valence-corrected chi connectivity index (χ4v) is 5.06. The van der Waals surface area contributed by atoms with Crippen LogP contribution in [0.1, 0.15) is 46.1 Å². The molecule has 1 aromatic carbocycles. The molecular formula is C19H30N2. The number of rotatable bonds is 2. The molecule has 0 amide bonds. The highest BCUT2D eigenvalue weighted by molar-refractivity contribution is 5.58. The first-order valence-corrected chi connectivity index (χ1v) is 8.43. The van der Waals surface area contributed by atoms with Crippen molar-refractivity contribution < 1.29 is 0 Å². The minimum Gasteiger partial charge on any atom is -0.364 e. The number of nitrogens with zero attached hydrogens (tertiary/aromatic N) is 1. The van der Waals surface area contributed by atoms with E-state index in [1.54, 1.807) is 0 Å². The zero-order chi connectivity index (χ0) is 15.3. The van der Waals surface area contributed by atoms with E-state index < -0.39 is 0 Å². The van der Waals surface area contributed by atoms with Gasteiger partial charge in [-0.05, 0) is 48.1 Å². The summed E-state index contributed by atoms with van der Waals surface area (Å²) < 4.78 is 0. The lowest BCUT2D eigenvalue weighted by Crippen LogP contribution is -2.59. The predicted molar refractivity (Wildman–Crippen MR) is 90.6 cm³/mol. The van der Waals surface area contributed by atoms with Crippen LogP contribution in [0, 0.1) is 17.3 Å². The van der Waals surface area contributed by atoms with Gasteiger partial charge in [-0.15, -0.1) is 0 Å². The number of fused-ring (bicyclic) bond motifs is 1. The van der Waals surface area contributed by atoms with Crippen LogP contribution in [0.4, 0.5) is 5.69 Å². The van der Waals surface area contributed by atoms with Crippen molar-refractivity contribution in [2.45, 2.75) is 52.5 Å². The van der Waals surface area contributed by atoms with Crippen molar-refractivity contribution in [2.24, 2.45) is 23.0 Å². The highest BCUT2D eigenvalue weighted by Gasteiger charge is 2.52. The fourth-order valence-electron chi connectivity index (χ4n) is 5.06. The Hall–Kier alpha value is -1.02. The third kappa shape index (κ3) is 2.38. The molecule has 2 N–H and O–H groups in total. The van der Waals surface area contributed by atoms with Gasteiger partial charge < -0.3 is 10.6 Å². The summed E-state index contributed by atoms with van der Waals surface area (Å²) in [6.45, 7) is 11.5. The zero-order valence-corrected chi connectivity index (χ0v) is 14.0. The average molecular weight is 286 g/mol. The molecule has 1 saturated carbocycles. The van der Waals surface area contributed by atoms with Gasteiger partial charge in [0.25, 0.3) is 0 Å². The molecule has 116 valence electrons. The second-order valence-corrected chi connectivity index (χ2v) is 8.30. The molecule has 0 bridgehead atoms. The Kier molecular flexibility index (Phi) is 3.56. The minimum atomic E-state index is 0.133. The van der Waals surface area contributed by atoms with Crippen LogP contribution in [0.15, 0.2) is 24.3 Å². The van der Waals surface area contributed by atoms with Gasteiger partial charge in [0.15, 0.2) is 0 Å². The molecule has 0 radical (unpaired) electrons. The lowest BCUT2D eigenvalue weighted by molar-refractivity contribution is 0.285. The topological polar surface area (TPSA) is 29.3 Å². The molecule has 21 heavy (non-hydrogen) atoms. The van der Waals surface area contributed by atoms with Gasteiger partial charge >= 0.3 is 0 Å². The van der Waals surface area contributed by atoms with E-state index in [9.17, 15) is 0 Å². The molecule has 2 nitrogen and oxygen atoms in total. The van der Waals surface area contributed by atoms with Crippen LogP contribution in [0.3, 0.4) is 0 Å². The molecule has 3 unspecified atom stereocenters. The molecule has 0 aromatic heterocycles. The van der Waals surface area contributed by atoms with Crippen molar-refractivity contribution in [1.29, 1.82) is 0 Å². The first-order valence-electron chi connectivity index (χ1n) is 8.43. The number of anilines is 1. The van der Waals surface area contributed by atoms with Crippen LogP contribution in [-0.4, -0.2) is 18.6 Å². The molecule has 0 spiro atoms. The second-order valence-electron chi connectivity index (χ2n) is 8.30. The predicted octanol–water partition coefficient (Wildman–Crippen LogP) is 3.84. The second kappa shape index (κ2) is 5.01. The summed E-state index contributed by atoms with van der Waals surface area (Å²) in [5.74, 6) is 1.36. The Morgan fingerprint density at radius 1 is 1.24 bits per heavy atom. The Morgan fingerprint density at radius 2 is 1.95 bits per heavy atom. The van der Waals surface area contributed by atoms with Gasteiger partial charge in [0.05, 0.1) is 5.54 Å². The normalized spacial score (nSPS) is 34.8. The number of hydrogen-bond donors (Lipinski definition) is 1. The van der Waals surface area contributed by atoms with Crippen LogP contribution >= 0.6 is 0 Å². The molecule has 1 heterocycles. The Bertz CT molecular complexity index is 522. The van der Waals surface area contributed by atoms with E-state index in [-0.39, 0.29) is 5.54 Å². The summed E-state index contributed by atoms with van der Waals surface area (Å²) in [6, 6.07) is 8.95. The first kappa shape index (κ1) is 14.9. The van der Waals surface area contributed by atoms with Crippen molar-refractivity contribution in [1.82, 2.24) is 0 Å². The van der Waals surface area contributed by atoms with E-state index in [0.29, 0.717) is 17.3 Å². The minimum absolute atomic E-state index is 0.133. The average Bonchev–Trinajstić information content (AvgIpc) is 2.67. The summed E-state index contributed by atoms with van der Waals surface area (Å²) in [5.41, 5.74) is 9.84. The maximum Gasteiger partial charge on any atom is 0.0555 e. The third-order valence-electron chi connectivity index (χ3n) is 5.80. The lowest BCUT2D eigenvalue weighted by atomic mass is 9.81. The van der Waals surface area contributed by atoms with Crippen molar-refractivity contribution >= 4 is 5.69 Å². The Balaban J connectivity index is 2.06. The summed E-state index contributed by atoms with van der Waals surface area (Å²) >= 11 is 0. The molecule has 1 aliphatic heterocycles. The highest BCUT2D eigenvalue weighted by atomic mass is 15.2. The van der Waals surface area contributed by atoms with E-state index in [0.717, 1.165) is 13.1 Å². The summed E-state index contributed by atoms with van der Waals surface area (Å²) in [7, 11) is 0. The largest absolute Gasteiger partial charge is 0.364 e. The molecule has 2 heteroatoms. The quantitative estimate of drug-likeness (QED) is 0.895. The van der Waals surface area contributed by atoms with E-state index in [4.69, 9.17) is 5.73 Å². The summed E-state index contributed by atoms with van der Waals surface area (Å²) in [6.07, 6.45) is 3.68. The van der Waals surface area contributed by atoms with Gasteiger partial charge in [-0.1, -0.05) is 45.9 Å². The van der Waals surface area contributed by atoms with Gasteiger partial charge in [0.2, 0.25) is 0 Å². The highest BCUT2D eigenvalue weighted by Crippen LogP contribution is 2.52. The molecule has 1 fully saturated rings. The molecule has 3 rings (SSSR count). The SMILES string of the molecule is CC1Cc2ccccc2N(C2(CN)CC(C)(C)CC2C)C1. The van der Waals surface area contributed by atoms with Crippen molar-refractivity contribution in [3.8, 4) is 0 Å². The van der Waals surface area contributed by atoms with Gasteiger partial charge in [0, 0.05) is 18.8 Å². The molecular weight excluding hydrogens is 256 g/mol. The summed E-state index contributed by atoms with van der Waals surface area (Å²) in [5, 5.41) is 0. The standard InChI is InChI=1S/C19H30N2/c1-14-9-16-7-5-6-8-17(16)21(11-14)19(13-20)12-18(3,4)10-15(19)2/h5-8,14-15H,9-13,20H2,1-4H3. The molecule has 3 atom stereocenters. The fraction of sp³-hybridized carbons (Fsp3) is 0.684. The number of benzene rings is 1. The lowest BCUT2D eigenvalue weighted by Gasteiger charge is -2.50. The van der Waals surface area contributed by atoms with Gasteiger partial charge in [0.1, 0.15) is 0 Å². The Morgan fingerprint density at radius 3 is 2.57 bits per heavy atom. The van der Waals surface area contributed by atoms with Crippen LogP contribution in [0.5, 0.6) is 0 Å². The van der Waals surface area contributed by atoms with Gasteiger partial charge in [-0.2, -0.15) is 0 Å². The van der Waals surface area contributed by atoms with Gasteiger partial charge in [-0.25, -0.2) is 0 Å². The van der Waals surface area contributed by atoms with E-state index in [1.165, 1.54) is 30.5 Å². The van der Waals surface area contributed by atoms with Crippen LogP contribution in [0.25, 0.3) is 0 Å². The number of nitrogens with two attached hydrogens (primary N) is 1. The van der Waals surface area contributed by atoms with E-state index in [2.05, 4.69) is 56.9 Å². The van der Waals surface area contributed by atoms with E-state index >= 15 is 0 Å².